The molecule has 0 aromatic rings. The van der Waals surface area contributed by atoms with E-state index in [-0.39, 0.29) is 0 Å². The highest BCUT2D eigenvalue weighted by Gasteiger charge is 2.17. The lowest BCUT2D eigenvalue weighted by Crippen LogP contribution is -2.50. The molecule has 0 aliphatic carbocycles. The summed E-state index contributed by atoms with van der Waals surface area (Å²) in [5.74, 6) is 3.90. The molecular weight excluding hydrogens is 154 g/mol. The Morgan fingerprint density at radius 1 is 1.55 bits per heavy atom. The molecule has 1 atom stereocenters. The summed E-state index contributed by atoms with van der Waals surface area (Å²) < 4.78 is 0. The summed E-state index contributed by atoms with van der Waals surface area (Å²) in [5, 5.41) is 18.3. The number of nitrogens with two attached hydrogens (primary N) is 1. The van der Waals surface area contributed by atoms with Gasteiger partial charge in [0.25, 0.3) is 5.91 Å². The maximum Gasteiger partial charge on any atom is 0.405 e. The predicted octanol–water partition coefficient (Wildman–Crippen LogP) is -2.40. The molecule has 11 heavy (non-hydrogen) atoms. The van der Waals surface area contributed by atoms with Crippen LogP contribution < -0.4 is 16.6 Å². The molecule has 7 nitrogen and oxygen atoms in total. The second-order valence-corrected chi connectivity index (χ2v) is 1.69. The van der Waals surface area contributed by atoms with Gasteiger partial charge in [-0.15, -0.1) is 0 Å². The third-order valence-corrected chi connectivity index (χ3v) is 0.939. The Hall–Kier alpha value is -1.34. The molecule has 0 saturated carbocycles. The molecule has 0 aromatic carbocycles. The first-order valence-corrected chi connectivity index (χ1v) is 2.72. The van der Waals surface area contributed by atoms with Gasteiger partial charge in [0.1, 0.15) is 6.04 Å². The van der Waals surface area contributed by atoms with E-state index in [9.17, 15) is 9.59 Å². The molecule has 0 aliphatic rings. The number of hydrogen-bond acceptors (Lipinski definition) is 4. The Labute approximate surface area is 62.2 Å². The number of rotatable bonds is 3. The lowest BCUT2D eigenvalue weighted by atomic mass is 10.3. The van der Waals surface area contributed by atoms with Crippen molar-refractivity contribution in [1.82, 2.24) is 10.7 Å². The first-order chi connectivity index (χ1) is 5.11. The molecular formula is C4H9N3O4. The van der Waals surface area contributed by atoms with Crippen LogP contribution in [0.4, 0.5) is 4.79 Å². The molecule has 0 unspecified atom stereocenters. The number of hydrogen-bond donors (Lipinski definition) is 5. The largest absolute Gasteiger partial charge is 0.465 e. The fourth-order valence-electron chi connectivity index (χ4n) is 0.444. The van der Waals surface area contributed by atoms with Crippen LogP contribution in [0.25, 0.3) is 0 Å². The SMILES string of the molecule is NNC(=O)[C@H](CO)NC(=O)O. The van der Waals surface area contributed by atoms with Crippen LogP contribution in [0, 0.1) is 0 Å². The molecule has 0 fully saturated rings. The van der Waals surface area contributed by atoms with Crippen LogP contribution in [-0.4, -0.2) is 34.9 Å². The first kappa shape index (κ1) is 9.66. The minimum absolute atomic E-state index is 0.630. The van der Waals surface area contributed by atoms with E-state index in [2.05, 4.69) is 5.84 Å². The highest BCUT2D eigenvalue weighted by atomic mass is 16.4. The summed E-state index contributed by atoms with van der Waals surface area (Å²) in [5.41, 5.74) is 1.70. The number of carbonyl (C=O) groups excluding carboxylic acids is 1. The van der Waals surface area contributed by atoms with E-state index in [0.29, 0.717) is 0 Å². The van der Waals surface area contributed by atoms with Crippen LogP contribution in [0.15, 0.2) is 0 Å². The Kier molecular flexibility index (Phi) is 3.93. The van der Waals surface area contributed by atoms with Crippen molar-refractivity contribution in [2.75, 3.05) is 6.61 Å². The van der Waals surface area contributed by atoms with Gasteiger partial charge in [0.2, 0.25) is 0 Å². The first-order valence-electron chi connectivity index (χ1n) is 2.72. The molecule has 0 aromatic heterocycles. The summed E-state index contributed by atoms with van der Waals surface area (Å²) in [4.78, 5) is 20.5. The summed E-state index contributed by atoms with van der Waals surface area (Å²) in [6.45, 7) is -0.630. The van der Waals surface area contributed by atoms with Crippen molar-refractivity contribution in [3.63, 3.8) is 0 Å². The number of nitrogens with one attached hydrogen (secondary N) is 2. The summed E-state index contributed by atoms with van der Waals surface area (Å²) in [6, 6.07) is -1.21. The van der Waals surface area contributed by atoms with Crippen LogP contribution in [-0.2, 0) is 4.79 Å². The fraction of sp³-hybridized carbons (Fsp3) is 0.500. The van der Waals surface area contributed by atoms with Gasteiger partial charge in [-0.25, -0.2) is 10.6 Å². The standard InChI is InChI=1S/C4H9N3O4/c5-7-3(9)2(1-8)6-4(10)11/h2,6,8H,1,5H2,(H,7,9)(H,10,11)/t2-/m0/s1. The minimum Gasteiger partial charge on any atom is -0.465 e. The van der Waals surface area contributed by atoms with E-state index in [1.54, 1.807) is 10.7 Å². The molecule has 6 N–H and O–H groups in total. The number of amides is 2. The van der Waals surface area contributed by atoms with E-state index in [1.165, 1.54) is 0 Å². The van der Waals surface area contributed by atoms with Gasteiger partial charge in [-0.1, -0.05) is 0 Å². The third kappa shape index (κ3) is 3.38. The van der Waals surface area contributed by atoms with Crippen LogP contribution in [0.2, 0.25) is 0 Å². The monoisotopic (exact) mass is 163 g/mol. The number of hydrazine groups is 1. The molecule has 0 rings (SSSR count). The maximum absolute atomic E-state index is 10.6. The molecule has 64 valence electrons. The zero-order valence-electron chi connectivity index (χ0n) is 5.57. The predicted molar refractivity (Wildman–Crippen MR) is 34.4 cm³/mol. The third-order valence-electron chi connectivity index (χ3n) is 0.939. The topological polar surface area (TPSA) is 125 Å². The zero-order valence-corrected chi connectivity index (χ0v) is 5.57. The second-order valence-electron chi connectivity index (χ2n) is 1.69. The van der Waals surface area contributed by atoms with Gasteiger partial charge in [0.05, 0.1) is 6.61 Å². The molecule has 2 amide bonds. The van der Waals surface area contributed by atoms with Crippen molar-refractivity contribution in [2.45, 2.75) is 6.04 Å². The average Bonchev–Trinajstić information content (AvgIpc) is 1.98. The molecule has 0 saturated heterocycles. The molecule has 7 heteroatoms. The Morgan fingerprint density at radius 3 is 2.36 bits per heavy atom. The van der Waals surface area contributed by atoms with Crippen LogP contribution in [0.1, 0.15) is 0 Å². The van der Waals surface area contributed by atoms with E-state index in [1.807, 2.05) is 0 Å². The molecule has 0 bridgehead atoms. The van der Waals surface area contributed by atoms with Crippen LogP contribution in [0.3, 0.4) is 0 Å². The number of carboxylic acid groups (broad SMARTS) is 1. The normalized spacial score (nSPS) is 11.8. The number of carbonyl (C=O) groups is 2. The van der Waals surface area contributed by atoms with Crippen molar-refractivity contribution in [1.29, 1.82) is 0 Å². The maximum atomic E-state index is 10.6. The Morgan fingerprint density at radius 2 is 2.09 bits per heavy atom. The van der Waals surface area contributed by atoms with Crippen molar-refractivity contribution in [2.24, 2.45) is 5.84 Å². The van der Waals surface area contributed by atoms with E-state index >= 15 is 0 Å². The Balaban J connectivity index is 3.94. The van der Waals surface area contributed by atoms with Crippen LogP contribution in [0.5, 0.6) is 0 Å². The second kappa shape index (κ2) is 4.47. The van der Waals surface area contributed by atoms with Gasteiger partial charge >= 0.3 is 6.09 Å². The van der Waals surface area contributed by atoms with Crippen molar-refractivity contribution < 1.29 is 19.8 Å². The minimum atomic E-state index is -1.40. The van der Waals surface area contributed by atoms with Gasteiger partial charge in [-0.3, -0.25) is 10.2 Å². The molecule has 0 spiro atoms. The van der Waals surface area contributed by atoms with Crippen molar-refractivity contribution in [3.8, 4) is 0 Å². The van der Waals surface area contributed by atoms with Crippen molar-refractivity contribution >= 4 is 12.0 Å². The molecule has 0 radical (unpaired) electrons. The summed E-state index contributed by atoms with van der Waals surface area (Å²) in [6.07, 6.45) is -1.40. The molecule has 0 aliphatic heterocycles. The molecule has 0 heterocycles. The Bertz CT molecular complexity index is 159. The zero-order chi connectivity index (χ0) is 8.85. The van der Waals surface area contributed by atoms with Crippen molar-refractivity contribution in [3.05, 3.63) is 0 Å². The lowest BCUT2D eigenvalue weighted by molar-refractivity contribution is -0.123. The summed E-state index contributed by atoms with van der Waals surface area (Å²) in [7, 11) is 0. The quantitative estimate of drug-likeness (QED) is 0.180. The summed E-state index contributed by atoms with van der Waals surface area (Å²) >= 11 is 0. The highest BCUT2D eigenvalue weighted by Crippen LogP contribution is 1.80. The number of aliphatic hydroxyl groups excluding tert-OH is 1. The van der Waals surface area contributed by atoms with E-state index < -0.39 is 24.6 Å². The van der Waals surface area contributed by atoms with E-state index in [0.717, 1.165) is 0 Å². The van der Waals surface area contributed by atoms with E-state index in [4.69, 9.17) is 10.2 Å². The van der Waals surface area contributed by atoms with Gasteiger partial charge in [0.15, 0.2) is 0 Å². The number of aliphatic hydroxyl groups is 1. The smallest absolute Gasteiger partial charge is 0.405 e. The van der Waals surface area contributed by atoms with Gasteiger partial charge in [0, 0.05) is 0 Å². The highest BCUT2D eigenvalue weighted by molar-refractivity contribution is 5.84. The van der Waals surface area contributed by atoms with Crippen LogP contribution >= 0.6 is 0 Å². The van der Waals surface area contributed by atoms with Gasteiger partial charge < -0.3 is 15.5 Å². The fourth-order valence-corrected chi connectivity index (χ4v) is 0.444. The lowest BCUT2D eigenvalue weighted by Gasteiger charge is -2.10. The van der Waals surface area contributed by atoms with Gasteiger partial charge in [-0.05, 0) is 0 Å². The van der Waals surface area contributed by atoms with Gasteiger partial charge in [-0.2, -0.15) is 0 Å². The average molecular weight is 163 g/mol.